The summed E-state index contributed by atoms with van der Waals surface area (Å²) in [6.45, 7) is 4.11. The molecule has 2 N–H and O–H groups in total. The highest BCUT2D eigenvalue weighted by atomic mass is 16.1. The van der Waals surface area contributed by atoms with E-state index in [1.165, 1.54) is 43.4 Å². The largest absolute Gasteiger partial charge is 0.354 e. The van der Waals surface area contributed by atoms with E-state index in [4.69, 9.17) is 5.10 Å². The maximum absolute atomic E-state index is 12.2. The first-order valence-corrected chi connectivity index (χ1v) is 9.27. The summed E-state index contributed by atoms with van der Waals surface area (Å²) in [5, 5.41) is 11.0. The molecule has 1 amide bonds. The maximum atomic E-state index is 12.2. The Labute approximate surface area is 139 Å². The van der Waals surface area contributed by atoms with Gasteiger partial charge in [-0.3, -0.25) is 9.48 Å². The van der Waals surface area contributed by atoms with E-state index in [9.17, 15) is 4.79 Å². The summed E-state index contributed by atoms with van der Waals surface area (Å²) in [6.07, 6.45) is 9.79. The molecule has 2 aliphatic rings. The van der Waals surface area contributed by atoms with Gasteiger partial charge in [0.05, 0.1) is 0 Å². The summed E-state index contributed by atoms with van der Waals surface area (Å²) in [5.74, 6) is 0.692. The molecule has 0 aliphatic heterocycles. The van der Waals surface area contributed by atoms with Crippen molar-refractivity contribution in [3.63, 3.8) is 0 Å². The Morgan fingerprint density at radius 1 is 1.26 bits per heavy atom. The van der Waals surface area contributed by atoms with Gasteiger partial charge in [0.1, 0.15) is 0 Å². The van der Waals surface area contributed by atoms with Gasteiger partial charge in [0.15, 0.2) is 5.69 Å². The van der Waals surface area contributed by atoms with Gasteiger partial charge in [-0.2, -0.15) is 5.10 Å². The monoisotopic (exact) mass is 318 g/mol. The minimum Gasteiger partial charge on any atom is -0.354 e. The van der Waals surface area contributed by atoms with Crippen LogP contribution in [0.5, 0.6) is 0 Å². The summed E-state index contributed by atoms with van der Waals surface area (Å²) in [5.41, 5.74) is 3.14. The Balaban J connectivity index is 1.84. The molecular formula is C18H30N4O. The molecule has 128 valence electrons. The number of fused-ring (bicyclic) bond motifs is 1. The lowest BCUT2D eigenvalue weighted by Crippen LogP contribution is -2.35. The number of hydrogen-bond donors (Lipinski definition) is 2. The van der Waals surface area contributed by atoms with Crippen LogP contribution in [0.4, 0.5) is 0 Å². The third kappa shape index (κ3) is 3.60. The molecule has 1 saturated carbocycles. The molecular weight excluding hydrogens is 288 g/mol. The molecule has 3 rings (SSSR count). The van der Waals surface area contributed by atoms with E-state index < -0.39 is 0 Å². The van der Waals surface area contributed by atoms with E-state index in [2.05, 4.69) is 22.2 Å². The van der Waals surface area contributed by atoms with E-state index in [1.54, 1.807) is 7.05 Å². The molecule has 5 heteroatoms. The van der Waals surface area contributed by atoms with E-state index in [0.29, 0.717) is 11.7 Å². The Morgan fingerprint density at radius 3 is 2.74 bits per heavy atom. The molecule has 0 bridgehead atoms. The second kappa shape index (κ2) is 7.47. The van der Waals surface area contributed by atoms with Gasteiger partial charge < -0.3 is 10.6 Å². The fourth-order valence-corrected chi connectivity index (χ4v) is 4.22. The maximum Gasteiger partial charge on any atom is 0.271 e. The van der Waals surface area contributed by atoms with Crippen molar-refractivity contribution >= 4 is 5.91 Å². The van der Waals surface area contributed by atoms with E-state index >= 15 is 0 Å². The highest BCUT2D eigenvalue weighted by Gasteiger charge is 2.29. The van der Waals surface area contributed by atoms with Gasteiger partial charge in [-0.05, 0) is 44.6 Å². The Hall–Kier alpha value is -1.36. The predicted molar refractivity (Wildman–Crippen MR) is 91.7 cm³/mol. The van der Waals surface area contributed by atoms with Gasteiger partial charge in [0, 0.05) is 30.9 Å². The third-order valence-electron chi connectivity index (χ3n) is 5.44. The van der Waals surface area contributed by atoms with Crippen LogP contribution >= 0.6 is 0 Å². The van der Waals surface area contributed by atoms with Crippen molar-refractivity contribution in [1.82, 2.24) is 20.4 Å². The molecule has 1 heterocycles. The summed E-state index contributed by atoms with van der Waals surface area (Å²) in [7, 11) is 1.69. The van der Waals surface area contributed by atoms with Crippen molar-refractivity contribution < 1.29 is 4.79 Å². The number of hydrogen-bond acceptors (Lipinski definition) is 3. The van der Waals surface area contributed by atoms with Crippen LogP contribution in [0.2, 0.25) is 0 Å². The standard InChI is InChI=1S/C18H30N4O/c1-3-20-14-9-10-16-15(11-14)17(18(23)19-2)21-22(16)12-13-7-5-4-6-8-13/h13-14,20H,3-12H2,1-2H3,(H,19,23). The number of amides is 1. The first kappa shape index (κ1) is 16.5. The molecule has 23 heavy (non-hydrogen) atoms. The van der Waals surface area contributed by atoms with Gasteiger partial charge >= 0.3 is 0 Å². The minimum absolute atomic E-state index is 0.0409. The zero-order valence-corrected chi connectivity index (χ0v) is 14.5. The third-order valence-corrected chi connectivity index (χ3v) is 5.44. The molecule has 1 atom stereocenters. The van der Waals surface area contributed by atoms with Crippen molar-refractivity contribution in [1.29, 1.82) is 0 Å². The number of carbonyl (C=O) groups is 1. The average molecular weight is 318 g/mol. The number of rotatable bonds is 5. The van der Waals surface area contributed by atoms with Crippen LogP contribution in [0.15, 0.2) is 0 Å². The molecule has 0 radical (unpaired) electrons. The molecule has 5 nitrogen and oxygen atoms in total. The number of nitrogens with zero attached hydrogens (tertiary/aromatic N) is 2. The second-order valence-corrected chi connectivity index (χ2v) is 7.04. The van der Waals surface area contributed by atoms with Crippen molar-refractivity contribution in [2.24, 2.45) is 5.92 Å². The van der Waals surface area contributed by atoms with Crippen LogP contribution in [0.25, 0.3) is 0 Å². The zero-order valence-electron chi connectivity index (χ0n) is 14.5. The number of nitrogens with one attached hydrogen (secondary N) is 2. The molecule has 1 aromatic rings. The average Bonchev–Trinajstić information content (AvgIpc) is 2.93. The molecule has 1 aromatic heterocycles. The van der Waals surface area contributed by atoms with E-state index in [1.807, 2.05) is 0 Å². The van der Waals surface area contributed by atoms with Crippen molar-refractivity contribution in [2.75, 3.05) is 13.6 Å². The number of likely N-dealkylation sites (N-methyl/N-ethyl adjacent to an activating group) is 1. The van der Waals surface area contributed by atoms with Gasteiger partial charge in [-0.1, -0.05) is 26.2 Å². The van der Waals surface area contributed by atoms with Crippen LogP contribution in [0.3, 0.4) is 0 Å². The highest BCUT2D eigenvalue weighted by molar-refractivity contribution is 5.93. The molecule has 0 saturated heterocycles. The topological polar surface area (TPSA) is 59.0 Å². The Kier molecular flexibility index (Phi) is 5.36. The zero-order chi connectivity index (χ0) is 16.2. The Bertz CT molecular complexity index is 545. The highest BCUT2D eigenvalue weighted by Crippen LogP contribution is 2.29. The fourth-order valence-electron chi connectivity index (χ4n) is 4.22. The van der Waals surface area contributed by atoms with Crippen LogP contribution < -0.4 is 10.6 Å². The summed E-state index contributed by atoms with van der Waals surface area (Å²) < 4.78 is 2.16. The fraction of sp³-hybridized carbons (Fsp3) is 0.778. The SMILES string of the molecule is CCNC1CCc2c(c(C(=O)NC)nn2CC2CCCCC2)C1. The van der Waals surface area contributed by atoms with Crippen LogP contribution in [-0.2, 0) is 19.4 Å². The lowest BCUT2D eigenvalue weighted by Gasteiger charge is -2.26. The van der Waals surface area contributed by atoms with Crippen LogP contribution in [-0.4, -0.2) is 35.3 Å². The second-order valence-electron chi connectivity index (χ2n) is 7.04. The van der Waals surface area contributed by atoms with E-state index in [0.717, 1.165) is 38.3 Å². The van der Waals surface area contributed by atoms with Crippen molar-refractivity contribution in [2.45, 2.75) is 70.9 Å². The van der Waals surface area contributed by atoms with Crippen LogP contribution in [0.1, 0.15) is 67.2 Å². The van der Waals surface area contributed by atoms with Gasteiger partial charge in [-0.25, -0.2) is 0 Å². The molecule has 0 aromatic carbocycles. The normalized spacial score (nSPS) is 21.9. The quantitative estimate of drug-likeness (QED) is 0.876. The number of carbonyl (C=O) groups excluding carboxylic acids is 1. The van der Waals surface area contributed by atoms with Gasteiger partial charge in [-0.15, -0.1) is 0 Å². The molecule has 1 unspecified atom stereocenters. The summed E-state index contributed by atoms with van der Waals surface area (Å²) in [6, 6.07) is 0.475. The van der Waals surface area contributed by atoms with Crippen molar-refractivity contribution in [3.8, 4) is 0 Å². The van der Waals surface area contributed by atoms with Crippen molar-refractivity contribution in [3.05, 3.63) is 17.0 Å². The Morgan fingerprint density at radius 2 is 2.04 bits per heavy atom. The lowest BCUT2D eigenvalue weighted by atomic mass is 9.88. The number of aromatic nitrogens is 2. The molecule has 1 fully saturated rings. The lowest BCUT2D eigenvalue weighted by molar-refractivity contribution is 0.0956. The predicted octanol–water partition coefficient (Wildman–Crippen LogP) is 2.29. The first-order chi connectivity index (χ1) is 11.2. The first-order valence-electron chi connectivity index (χ1n) is 9.27. The van der Waals surface area contributed by atoms with Gasteiger partial charge in [0.25, 0.3) is 5.91 Å². The molecule has 2 aliphatic carbocycles. The smallest absolute Gasteiger partial charge is 0.271 e. The summed E-state index contributed by atoms with van der Waals surface area (Å²) in [4.78, 5) is 12.2. The van der Waals surface area contributed by atoms with Crippen LogP contribution in [0, 0.1) is 5.92 Å². The molecule has 0 spiro atoms. The van der Waals surface area contributed by atoms with Gasteiger partial charge in [0.2, 0.25) is 0 Å². The minimum atomic E-state index is -0.0409. The van der Waals surface area contributed by atoms with E-state index in [-0.39, 0.29) is 5.91 Å². The summed E-state index contributed by atoms with van der Waals surface area (Å²) >= 11 is 0.